The molecular formula is C43H35NO. The summed E-state index contributed by atoms with van der Waals surface area (Å²) < 4.78 is 6.39. The smallest absolute Gasteiger partial charge is 0.158 e. The molecule has 2 aliphatic rings. The molecule has 45 heavy (non-hydrogen) atoms. The topological polar surface area (TPSA) is 25.2 Å². The second kappa shape index (κ2) is 9.46. The number of hydrogen-bond acceptors (Lipinski definition) is 2. The van der Waals surface area contributed by atoms with Crippen molar-refractivity contribution in [2.75, 3.05) is 5.32 Å². The average Bonchev–Trinajstić information content (AvgIpc) is 3.68. The van der Waals surface area contributed by atoms with Gasteiger partial charge in [0.1, 0.15) is 5.58 Å². The predicted octanol–water partition coefficient (Wildman–Crippen LogP) is 11.9. The number of nitrogens with one attached hydrogen (secondary N) is 1. The number of rotatable bonds is 4. The number of fused-ring (bicyclic) bond motifs is 13. The van der Waals surface area contributed by atoms with E-state index in [-0.39, 0.29) is 0 Å². The minimum absolute atomic E-state index is 0.393. The molecule has 0 amide bonds. The van der Waals surface area contributed by atoms with Crippen molar-refractivity contribution < 1.29 is 4.42 Å². The first-order valence-electron chi connectivity index (χ1n) is 16.2. The molecule has 9 rings (SSSR count). The second-order valence-electron chi connectivity index (χ2n) is 13.4. The van der Waals surface area contributed by atoms with Gasteiger partial charge in [-0.15, -0.1) is 0 Å². The van der Waals surface area contributed by atoms with E-state index in [4.69, 9.17) is 4.42 Å². The summed E-state index contributed by atoms with van der Waals surface area (Å²) in [6.45, 7) is 9.18. The number of anilines is 2. The van der Waals surface area contributed by atoms with Gasteiger partial charge in [0.2, 0.25) is 0 Å². The van der Waals surface area contributed by atoms with Crippen LogP contribution in [0.3, 0.4) is 0 Å². The van der Waals surface area contributed by atoms with Crippen LogP contribution in [0.5, 0.6) is 0 Å². The molecule has 2 aliphatic carbocycles. The fourth-order valence-corrected chi connectivity index (χ4v) is 8.02. The number of benzene rings is 6. The molecule has 218 valence electrons. The van der Waals surface area contributed by atoms with Gasteiger partial charge in [0.05, 0.1) is 11.1 Å². The Balaban J connectivity index is 1.31. The summed E-state index contributed by atoms with van der Waals surface area (Å²) in [6, 6.07) is 45.1. The van der Waals surface area contributed by atoms with E-state index in [1.54, 1.807) is 0 Å². The summed E-state index contributed by atoms with van der Waals surface area (Å²) in [4.78, 5) is 0. The van der Waals surface area contributed by atoms with Crippen LogP contribution in [0.25, 0.3) is 44.2 Å². The predicted molar refractivity (Wildman–Crippen MR) is 188 cm³/mol. The van der Waals surface area contributed by atoms with Crippen molar-refractivity contribution in [3.8, 4) is 22.3 Å². The molecule has 0 unspecified atom stereocenters. The van der Waals surface area contributed by atoms with Crippen molar-refractivity contribution in [1.29, 1.82) is 0 Å². The summed E-state index contributed by atoms with van der Waals surface area (Å²) >= 11 is 0. The molecule has 0 atom stereocenters. The number of hydrogen-bond donors (Lipinski definition) is 1. The van der Waals surface area contributed by atoms with Gasteiger partial charge in [-0.1, -0.05) is 125 Å². The van der Waals surface area contributed by atoms with Crippen LogP contribution >= 0.6 is 0 Å². The van der Waals surface area contributed by atoms with E-state index in [1.807, 2.05) is 12.1 Å². The summed E-state index contributed by atoms with van der Waals surface area (Å²) in [5, 5.41) is 6.05. The van der Waals surface area contributed by atoms with Crippen molar-refractivity contribution >= 4 is 33.3 Å². The molecule has 6 aromatic carbocycles. The van der Waals surface area contributed by atoms with Crippen LogP contribution in [0.2, 0.25) is 0 Å². The maximum absolute atomic E-state index is 6.39. The SMILES string of the molecule is CC(C)c1ccc2c(c1)C1(c3ccccc3-c3ccc(Nc4cccc5c4oc4ccccc45)cc31)c1cc(C(C)C)ccc1-2. The molecule has 2 heteroatoms. The van der Waals surface area contributed by atoms with Crippen molar-refractivity contribution in [3.63, 3.8) is 0 Å². The van der Waals surface area contributed by atoms with E-state index < -0.39 is 5.41 Å². The highest BCUT2D eigenvalue weighted by atomic mass is 16.3. The first-order valence-corrected chi connectivity index (χ1v) is 16.2. The molecule has 1 N–H and O–H groups in total. The Morgan fingerprint density at radius 2 is 1.09 bits per heavy atom. The van der Waals surface area contributed by atoms with E-state index in [0.29, 0.717) is 11.8 Å². The van der Waals surface area contributed by atoms with Gasteiger partial charge in [0, 0.05) is 16.5 Å². The molecule has 0 saturated heterocycles. The third-order valence-electron chi connectivity index (χ3n) is 10.2. The summed E-state index contributed by atoms with van der Waals surface area (Å²) in [6.07, 6.45) is 0. The van der Waals surface area contributed by atoms with Gasteiger partial charge in [-0.05, 0) is 91.7 Å². The maximum atomic E-state index is 6.39. The zero-order valence-corrected chi connectivity index (χ0v) is 26.1. The van der Waals surface area contributed by atoms with Gasteiger partial charge in [-0.2, -0.15) is 0 Å². The first-order chi connectivity index (χ1) is 21.9. The zero-order chi connectivity index (χ0) is 30.4. The largest absolute Gasteiger partial charge is 0.454 e. The normalized spacial score (nSPS) is 13.9. The highest BCUT2D eigenvalue weighted by molar-refractivity contribution is 6.09. The lowest BCUT2D eigenvalue weighted by Gasteiger charge is -2.31. The fourth-order valence-electron chi connectivity index (χ4n) is 8.02. The number of para-hydroxylation sites is 2. The number of furan rings is 1. The van der Waals surface area contributed by atoms with Gasteiger partial charge >= 0.3 is 0 Å². The Hall–Kier alpha value is -5.08. The van der Waals surface area contributed by atoms with Crippen molar-refractivity contribution in [2.24, 2.45) is 0 Å². The second-order valence-corrected chi connectivity index (χ2v) is 13.4. The highest BCUT2D eigenvalue weighted by Crippen LogP contribution is 2.63. The van der Waals surface area contributed by atoms with E-state index in [9.17, 15) is 0 Å². The molecule has 7 aromatic rings. The lowest BCUT2D eigenvalue weighted by atomic mass is 9.69. The third-order valence-corrected chi connectivity index (χ3v) is 10.2. The van der Waals surface area contributed by atoms with E-state index in [0.717, 1.165) is 33.3 Å². The molecular weight excluding hydrogens is 546 g/mol. The van der Waals surface area contributed by atoms with E-state index in [1.165, 1.54) is 55.6 Å². The van der Waals surface area contributed by atoms with Crippen LogP contribution in [-0.2, 0) is 5.41 Å². The molecule has 0 fully saturated rings. The molecule has 1 spiro atoms. The first kappa shape index (κ1) is 26.3. The Kier molecular flexibility index (Phi) is 5.54. The van der Waals surface area contributed by atoms with E-state index in [2.05, 4.69) is 142 Å². The molecule has 0 radical (unpaired) electrons. The minimum atomic E-state index is -0.393. The van der Waals surface area contributed by atoms with Crippen molar-refractivity contribution in [1.82, 2.24) is 0 Å². The van der Waals surface area contributed by atoms with Crippen molar-refractivity contribution in [3.05, 3.63) is 155 Å². The van der Waals surface area contributed by atoms with Gasteiger partial charge in [-0.3, -0.25) is 0 Å². The van der Waals surface area contributed by atoms with Gasteiger partial charge in [-0.25, -0.2) is 0 Å². The van der Waals surface area contributed by atoms with Crippen LogP contribution in [-0.4, -0.2) is 0 Å². The van der Waals surface area contributed by atoms with Gasteiger partial charge < -0.3 is 9.73 Å². The summed E-state index contributed by atoms with van der Waals surface area (Å²) in [5.41, 5.74) is 17.0. The summed E-state index contributed by atoms with van der Waals surface area (Å²) in [7, 11) is 0. The quantitative estimate of drug-likeness (QED) is 0.224. The van der Waals surface area contributed by atoms with Gasteiger partial charge in [0.25, 0.3) is 0 Å². The zero-order valence-electron chi connectivity index (χ0n) is 26.1. The molecule has 1 heterocycles. The van der Waals surface area contributed by atoms with Crippen LogP contribution < -0.4 is 5.32 Å². The Labute approximate surface area is 264 Å². The fraction of sp³-hybridized carbons (Fsp3) is 0.163. The molecule has 0 bridgehead atoms. The Morgan fingerprint density at radius 1 is 0.511 bits per heavy atom. The van der Waals surface area contributed by atoms with Crippen LogP contribution in [0, 0.1) is 0 Å². The van der Waals surface area contributed by atoms with Crippen LogP contribution in [0.4, 0.5) is 11.4 Å². The molecule has 2 nitrogen and oxygen atoms in total. The average molecular weight is 582 g/mol. The minimum Gasteiger partial charge on any atom is -0.454 e. The monoisotopic (exact) mass is 581 g/mol. The maximum Gasteiger partial charge on any atom is 0.158 e. The molecule has 0 saturated carbocycles. The third kappa shape index (κ3) is 3.57. The molecule has 0 aliphatic heterocycles. The van der Waals surface area contributed by atoms with Crippen LogP contribution in [0.15, 0.2) is 126 Å². The molecule has 1 aromatic heterocycles. The highest BCUT2D eigenvalue weighted by Gasteiger charge is 2.52. The Bertz CT molecular complexity index is 2260. The summed E-state index contributed by atoms with van der Waals surface area (Å²) in [5.74, 6) is 0.881. The lowest BCUT2D eigenvalue weighted by molar-refractivity contribution is 0.670. The van der Waals surface area contributed by atoms with Gasteiger partial charge in [0.15, 0.2) is 5.58 Å². The standard InChI is InChI=1S/C43H35NO/c1-25(2)27-16-19-31-32-20-17-28(26(3)4)23-38(32)43(37(31)22-27)36-13-7-5-10-30(36)33-21-18-29(24-39(33)43)44-40-14-9-12-35-34-11-6-8-15-41(34)45-42(35)40/h5-26,44H,1-4H3. The van der Waals surface area contributed by atoms with E-state index >= 15 is 0 Å². The van der Waals surface area contributed by atoms with Crippen molar-refractivity contribution in [2.45, 2.75) is 44.9 Å². The van der Waals surface area contributed by atoms with Crippen LogP contribution in [0.1, 0.15) is 72.9 Å². The Morgan fingerprint density at radius 3 is 1.80 bits per heavy atom. The lowest BCUT2D eigenvalue weighted by Crippen LogP contribution is -2.26.